The Hall–Kier alpha value is -2.08. The predicted molar refractivity (Wildman–Crippen MR) is 64.9 cm³/mol. The van der Waals surface area contributed by atoms with Gasteiger partial charge in [0.2, 0.25) is 0 Å². The zero-order valence-electron chi connectivity index (χ0n) is 9.80. The molecule has 0 atom stereocenters. The van der Waals surface area contributed by atoms with Crippen LogP contribution in [0, 0.1) is 0 Å². The Morgan fingerprint density at radius 2 is 1.74 bits per heavy atom. The fourth-order valence-electron chi connectivity index (χ4n) is 1.66. The molecular formula is C13H11F3N2O. The van der Waals surface area contributed by atoms with Crippen molar-refractivity contribution in [2.45, 2.75) is 6.18 Å². The molecule has 1 aromatic carbocycles. The number of rotatable bonds is 3. The van der Waals surface area contributed by atoms with Crippen LogP contribution in [0.2, 0.25) is 0 Å². The first-order chi connectivity index (χ1) is 9.02. The van der Waals surface area contributed by atoms with E-state index in [0.29, 0.717) is 5.69 Å². The lowest BCUT2D eigenvalue weighted by Gasteiger charge is -2.22. The second kappa shape index (κ2) is 5.27. The largest absolute Gasteiger partial charge is 0.433 e. The smallest absolute Gasteiger partial charge is 0.376 e. The summed E-state index contributed by atoms with van der Waals surface area (Å²) in [6.07, 6.45) is -3.43. The van der Waals surface area contributed by atoms with Crippen LogP contribution in [0.3, 0.4) is 0 Å². The summed E-state index contributed by atoms with van der Waals surface area (Å²) in [5.41, 5.74) is -0.153. The molecule has 1 aromatic heterocycles. The van der Waals surface area contributed by atoms with Crippen molar-refractivity contribution in [3.8, 4) is 0 Å². The summed E-state index contributed by atoms with van der Waals surface area (Å²) in [5, 5.41) is 9.35. The van der Waals surface area contributed by atoms with Gasteiger partial charge in [-0.1, -0.05) is 18.2 Å². The van der Waals surface area contributed by atoms with E-state index in [9.17, 15) is 18.3 Å². The minimum atomic E-state index is -4.51. The number of aliphatic hydroxyl groups is 1. The molecule has 0 aliphatic rings. The van der Waals surface area contributed by atoms with E-state index in [0.717, 1.165) is 12.3 Å². The van der Waals surface area contributed by atoms with Gasteiger partial charge in [-0.05, 0) is 24.3 Å². The summed E-state index contributed by atoms with van der Waals surface area (Å²) in [6.45, 7) is -0.425. The third-order valence-corrected chi connectivity index (χ3v) is 2.55. The second-order valence-electron chi connectivity index (χ2n) is 3.80. The standard InChI is InChI=1S/C13H11F3N2O/c14-13(15,16)12-8-11(6-7-17-12)18(9-19)10-4-2-1-3-5-10/h1-8,19H,9H2. The van der Waals surface area contributed by atoms with E-state index in [-0.39, 0.29) is 5.69 Å². The molecule has 3 nitrogen and oxygen atoms in total. The van der Waals surface area contributed by atoms with Crippen LogP contribution in [0.25, 0.3) is 0 Å². The molecule has 0 saturated carbocycles. The van der Waals surface area contributed by atoms with Gasteiger partial charge in [0.15, 0.2) is 0 Å². The fraction of sp³-hybridized carbons (Fsp3) is 0.154. The molecule has 1 heterocycles. The van der Waals surface area contributed by atoms with Crippen LogP contribution < -0.4 is 4.90 Å². The zero-order chi connectivity index (χ0) is 13.9. The Morgan fingerprint density at radius 3 is 2.32 bits per heavy atom. The van der Waals surface area contributed by atoms with Crippen molar-refractivity contribution in [2.75, 3.05) is 11.6 Å². The molecule has 0 aliphatic carbocycles. The number of nitrogens with zero attached hydrogens (tertiary/aromatic N) is 2. The molecule has 0 saturated heterocycles. The first-order valence-electron chi connectivity index (χ1n) is 5.49. The van der Waals surface area contributed by atoms with E-state index in [1.807, 2.05) is 0 Å². The van der Waals surface area contributed by atoms with Crippen molar-refractivity contribution in [1.29, 1.82) is 0 Å². The van der Waals surface area contributed by atoms with Gasteiger partial charge in [-0.2, -0.15) is 13.2 Å². The van der Waals surface area contributed by atoms with E-state index >= 15 is 0 Å². The third-order valence-electron chi connectivity index (χ3n) is 2.55. The van der Waals surface area contributed by atoms with E-state index < -0.39 is 18.6 Å². The van der Waals surface area contributed by atoms with Gasteiger partial charge >= 0.3 is 6.18 Å². The molecule has 100 valence electrons. The van der Waals surface area contributed by atoms with Crippen LogP contribution in [0.1, 0.15) is 5.69 Å². The van der Waals surface area contributed by atoms with Crippen molar-refractivity contribution in [3.63, 3.8) is 0 Å². The van der Waals surface area contributed by atoms with Gasteiger partial charge in [0.25, 0.3) is 0 Å². The minimum Gasteiger partial charge on any atom is -0.376 e. The van der Waals surface area contributed by atoms with Crippen molar-refractivity contribution in [3.05, 3.63) is 54.4 Å². The highest BCUT2D eigenvalue weighted by Crippen LogP contribution is 2.31. The number of hydrogen-bond acceptors (Lipinski definition) is 3. The first-order valence-corrected chi connectivity index (χ1v) is 5.49. The maximum absolute atomic E-state index is 12.6. The van der Waals surface area contributed by atoms with Crippen molar-refractivity contribution in [1.82, 2.24) is 4.98 Å². The number of aromatic nitrogens is 1. The van der Waals surface area contributed by atoms with E-state index in [2.05, 4.69) is 4.98 Å². The lowest BCUT2D eigenvalue weighted by atomic mass is 10.2. The van der Waals surface area contributed by atoms with Gasteiger partial charge in [-0.25, -0.2) is 0 Å². The van der Waals surface area contributed by atoms with E-state index in [1.54, 1.807) is 30.3 Å². The van der Waals surface area contributed by atoms with Gasteiger partial charge < -0.3 is 10.0 Å². The van der Waals surface area contributed by atoms with Gasteiger partial charge in [-0.15, -0.1) is 0 Å². The number of anilines is 2. The molecule has 0 spiro atoms. The topological polar surface area (TPSA) is 36.4 Å². The highest BCUT2D eigenvalue weighted by molar-refractivity contribution is 5.62. The van der Waals surface area contributed by atoms with Crippen molar-refractivity contribution < 1.29 is 18.3 Å². The average molecular weight is 268 g/mol. The highest BCUT2D eigenvalue weighted by atomic mass is 19.4. The molecule has 0 unspecified atom stereocenters. The maximum Gasteiger partial charge on any atom is 0.433 e. The van der Waals surface area contributed by atoms with E-state index in [4.69, 9.17) is 0 Å². The molecule has 0 radical (unpaired) electrons. The third kappa shape index (κ3) is 3.03. The number of alkyl halides is 3. The molecule has 0 bridgehead atoms. The van der Waals surface area contributed by atoms with Gasteiger partial charge in [0.05, 0.1) is 0 Å². The zero-order valence-corrected chi connectivity index (χ0v) is 9.80. The highest BCUT2D eigenvalue weighted by Gasteiger charge is 2.32. The number of benzene rings is 1. The average Bonchev–Trinajstić information content (AvgIpc) is 2.40. The summed E-state index contributed by atoms with van der Waals surface area (Å²) < 4.78 is 37.8. The quantitative estimate of drug-likeness (QED) is 0.868. The summed E-state index contributed by atoms with van der Waals surface area (Å²) in [5.74, 6) is 0. The van der Waals surface area contributed by atoms with Crippen LogP contribution in [0.5, 0.6) is 0 Å². The molecule has 19 heavy (non-hydrogen) atoms. The van der Waals surface area contributed by atoms with Crippen LogP contribution >= 0.6 is 0 Å². The lowest BCUT2D eigenvalue weighted by Crippen LogP contribution is -2.19. The predicted octanol–water partition coefficient (Wildman–Crippen LogP) is 3.19. The Morgan fingerprint density at radius 1 is 1.05 bits per heavy atom. The SMILES string of the molecule is OCN(c1ccccc1)c1ccnc(C(F)(F)F)c1. The molecule has 0 amide bonds. The van der Waals surface area contributed by atoms with Crippen LogP contribution in [-0.2, 0) is 6.18 Å². The van der Waals surface area contributed by atoms with Gasteiger partial charge in [-0.3, -0.25) is 4.98 Å². The van der Waals surface area contributed by atoms with Gasteiger partial charge in [0.1, 0.15) is 12.4 Å². The summed E-state index contributed by atoms with van der Waals surface area (Å²) in [7, 11) is 0. The molecule has 1 N–H and O–H groups in total. The molecule has 0 fully saturated rings. The monoisotopic (exact) mass is 268 g/mol. The molecule has 2 aromatic rings. The summed E-state index contributed by atoms with van der Waals surface area (Å²) >= 11 is 0. The fourth-order valence-corrected chi connectivity index (χ4v) is 1.66. The number of para-hydroxylation sites is 1. The van der Waals surface area contributed by atoms with Crippen molar-refractivity contribution >= 4 is 11.4 Å². The normalized spacial score (nSPS) is 11.4. The first kappa shape index (κ1) is 13.4. The van der Waals surface area contributed by atoms with Gasteiger partial charge in [0, 0.05) is 17.6 Å². The number of aliphatic hydroxyl groups excluding tert-OH is 1. The van der Waals surface area contributed by atoms with Crippen molar-refractivity contribution in [2.24, 2.45) is 0 Å². The summed E-state index contributed by atoms with van der Waals surface area (Å²) in [4.78, 5) is 4.65. The van der Waals surface area contributed by atoms with Crippen LogP contribution in [0.4, 0.5) is 24.5 Å². The maximum atomic E-state index is 12.6. The Kier molecular flexibility index (Phi) is 3.71. The lowest BCUT2D eigenvalue weighted by molar-refractivity contribution is -0.141. The second-order valence-corrected chi connectivity index (χ2v) is 3.80. The Bertz CT molecular complexity index is 543. The minimum absolute atomic E-state index is 0.232. The van der Waals surface area contributed by atoms with Crippen LogP contribution in [0.15, 0.2) is 48.7 Å². The molecular weight excluding hydrogens is 257 g/mol. The molecule has 0 aliphatic heterocycles. The van der Waals surface area contributed by atoms with E-state index in [1.165, 1.54) is 11.0 Å². The number of halogens is 3. The van der Waals surface area contributed by atoms with Crippen LogP contribution in [-0.4, -0.2) is 16.8 Å². The Balaban J connectivity index is 2.40. The summed E-state index contributed by atoms with van der Waals surface area (Å²) in [6, 6.07) is 11.0. The molecule has 2 rings (SSSR count). The number of pyridine rings is 1. The number of hydrogen-bond donors (Lipinski definition) is 1. The Labute approximate surface area is 107 Å². The molecule has 6 heteroatoms.